The molecule has 0 spiro atoms. The maximum Gasteiger partial charge on any atom is 0.257 e. The van der Waals surface area contributed by atoms with E-state index in [1.165, 1.54) is 22.7 Å². The van der Waals surface area contributed by atoms with E-state index in [0.717, 1.165) is 49.0 Å². The van der Waals surface area contributed by atoms with Crippen LogP contribution < -0.4 is 5.56 Å². The maximum absolute atomic E-state index is 12.8. The number of likely N-dealkylation sites (N-methyl/N-ethyl adjacent to an activating group) is 1. The monoisotopic (exact) mass is 515 g/mol. The van der Waals surface area contributed by atoms with Gasteiger partial charge in [0.05, 0.1) is 17.4 Å². The molecular formula is C24H25N3O4S3. The fraction of sp³-hybridized carbons (Fsp3) is 0.333. The highest BCUT2D eigenvalue weighted by Crippen LogP contribution is 2.26. The minimum atomic E-state index is -3.44. The quantitative estimate of drug-likeness (QED) is 0.376. The summed E-state index contributed by atoms with van der Waals surface area (Å²) in [5, 5.41) is 4.85. The molecule has 1 aromatic carbocycles. The summed E-state index contributed by atoms with van der Waals surface area (Å²) in [5.41, 5.74) is 2.57. The SMILES string of the molecule is CN(Cc1ccc2cc(-c3csc(CS(=O)(=O)c4cccs4)n3)c(=O)[nH]c2c1)CC1CCCO1. The zero-order chi connectivity index (χ0) is 23.7. The molecule has 10 heteroatoms. The van der Waals surface area contributed by atoms with E-state index in [0.29, 0.717) is 26.6 Å². The van der Waals surface area contributed by atoms with Gasteiger partial charge in [-0.05, 0) is 54.4 Å². The number of nitrogens with one attached hydrogen (secondary N) is 1. The number of aromatic amines is 1. The fourth-order valence-corrected chi connectivity index (χ4v) is 7.74. The average molecular weight is 516 g/mol. The van der Waals surface area contributed by atoms with Crippen molar-refractivity contribution < 1.29 is 13.2 Å². The molecule has 34 heavy (non-hydrogen) atoms. The molecule has 1 N–H and O–H groups in total. The third-order valence-electron chi connectivity index (χ3n) is 5.84. The van der Waals surface area contributed by atoms with E-state index in [2.05, 4.69) is 28.0 Å². The van der Waals surface area contributed by atoms with E-state index >= 15 is 0 Å². The van der Waals surface area contributed by atoms with Gasteiger partial charge in [-0.15, -0.1) is 22.7 Å². The molecule has 1 aliphatic heterocycles. The highest BCUT2D eigenvalue weighted by molar-refractivity contribution is 7.92. The zero-order valence-electron chi connectivity index (χ0n) is 18.7. The van der Waals surface area contributed by atoms with Crippen molar-refractivity contribution >= 4 is 43.4 Å². The predicted molar refractivity (Wildman–Crippen MR) is 136 cm³/mol. The Balaban J connectivity index is 1.34. The predicted octanol–water partition coefficient (Wildman–Crippen LogP) is 4.30. The molecule has 0 aliphatic carbocycles. The molecule has 0 bridgehead atoms. The molecule has 178 valence electrons. The summed E-state index contributed by atoms with van der Waals surface area (Å²) in [6.07, 6.45) is 2.54. The normalized spacial score (nSPS) is 16.6. The van der Waals surface area contributed by atoms with Gasteiger partial charge in [-0.3, -0.25) is 9.69 Å². The molecule has 1 unspecified atom stereocenters. The second kappa shape index (κ2) is 9.71. The fourth-order valence-electron chi connectivity index (χ4n) is 4.22. The number of fused-ring (bicyclic) bond motifs is 1. The molecule has 0 radical (unpaired) electrons. The number of ether oxygens (including phenoxy) is 1. The third kappa shape index (κ3) is 5.16. The number of sulfone groups is 1. The van der Waals surface area contributed by atoms with Crippen molar-refractivity contribution in [3.05, 3.63) is 68.1 Å². The lowest BCUT2D eigenvalue weighted by Gasteiger charge is -2.20. The van der Waals surface area contributed by atoms with Crippen LogP contribution in [-0.2, 0) is 26.9 Å². The number of H-pyrrole nitrogens is 1. The Labute approximate surface area is 206 Å². The van der Waals surface area contributed by atoms with Crippen molar-refractivity contribution in [1.29, 1.82) is 0 Å². The summed E-state index contributed by atoms with van der Waals surface area (Å²) in [6, 6.07) is 11.2. The first-order valence-corrected chi connectivity index (χ1v) is 14.5. The van der Waals surface area contributed by atoms with Crippen LogP contribution in [0.2, 0.25) is 0 Å². The lowest BCUT2D eigenvalue weighted by atomic mass is 10.1. The van der Waals surface area contributed by atoms with E-state index in [1.807, 2.05) is 18.2 Å². The number of pyridine rings is 1. The van der Waals surface area contributed by atoms with Crippen LogP contribution in [0.4, 0.5) is 0 Å². The van der Waals surface area contributed by atoms with Gasteiger partial charge < -0.3 is 9.72 Å². The van der Waals surface area contributed by atoms with Crippen LogP contribution >= 0.6 is 22.7 Å². The number of thiazole rings is 1. The standard InChI is InChI=1S/C24H25N3O4S3/c1-27(13-18-4-2-8-31-18)12-16-6-7-17-11-19(24(28)26-20(17)10-16)21-14-33-22(25-21)15-34(29,30)23-5-3-9-32-23/h3,5-7,9-11,14,18H,2,4,8,12-13,15H2,1H3,(H,26,28). The Hall–Kier alpha value is -2.37. The molecule has 4 aromatic rings. The summed E-state index contributed by atoms with van der Waals surface area (Å²) >= 11 is 2.44. The van der Waals surface area contributed by atoms with Gasteiger partial charge in [0, 0.05) is 30.6 Å². The Morgan fingerprint density at radius 2 is 2.12 bits per heavy atom. The minimum absolute atomic E-state index is 0.174. The molecule has 4 heterocycles. The number of rotatable bonds is 8. The highest BCUT2D eigenvalue weighted by atomic mass is 32.2. The molecule has 0 saturated carbocycles. The Morgan fingerprint density at radius 1 is 1.24 bits per heavy atom. The van der Waals surface area contributed by atoms with Gasteiger partial charge in [0.2, 0.25) is 0 Å². The molecule has 1 saturated heterocycles. The van der Waals surface area contributed by atoms with Gasteiger partial charge in [-0.2, -0.15) is 0 Å². The molecule has 1 aliphatic rings. The third-order valence-corrected chi connectivity index (χ3v) is 9.99. The summed E-state index contributed by atoms with van der Waals surface area (Å²) in [7, 11) is -1.36. The topological polar surface area (TPSA) is 92.4 Å². The Bertz CT molecular complexity index is 1450. The molecule has 3 aromatic heterocycles. The van der Waals surface area contributed by atoms with Crippen molar-refractivity contribution in [2.24, 2.45) is 0 Å². The van der Waals surface area contributed by atoms with Gasteiger partial charge in [0.1, 0.15) is 15.0 Å². The van der Waals surface area contributed by atoms with Crippen LogP contribution in [0, 0.1) is 0 Å². The van der Waals surface area contributed by atoms with Crippen LogP contribution in [0.5, 0.6) is 0 Å². The molecule has 7 nitrogen and oxygen atoms in total. The van der Waals surface area contributed by atoms with E-state index in [4.69, 9.17) is 4.74 Å². The summed E-state index contributed by atoms with van der Waals surface area (Å²) < 4.78 is 31.2. The molecule has 1 fully saturated rings. The number of thiophene rings is 1. The summed E-state index contributed by atoms with van der Waals surface area (Å²) in [6.45, 7) is 2.51. The maximum atomic E-state index is 12.8. The molecular weight excluding hydrogens is 490 g/mol. The lowest BCUT2D eigenvalue weighted by Crippen LogP contribution is -2.28. The minimum Gasteiger partial charge on any atom is -0.377 e. The number of nitrogens with zero attached hydrogens (tertiary/aromatic N) is 2. The van der Waals surface area contributed by atoms with E-state index in [-0.39, 0.29) is 11.3 Å². The number of benzene rings is 1. The number of hydrogen-bond donors (Lipinski definition) is 1. The zero-order valence-corrected chi connectivity index (χ0v) is 21.1. The summed E-state index contributed by atoms with van der Waals surface area (Å²) in [4.78, 5) is 22.5. The largest absolute Gasteiger partial charge is 0.377 e. The van der Waals surface area contributed by atoms with Crippen molar-refractivity contribution in [3.63, 3.8) is 0 Å². The van der Waals surface area contributed by atoms with E-state index in [9.17, 15) is 13.2 Å². The van der Waals surface area contributed by atoms with Crippen LogP contribution in [0.15, 0.2) is 56.2 Å². The molecule has 0 amide bonds. The van der Waals surface area contributed by atoms with Crippen molar-refractivity contribution in [3.8, 4) is 11.3 Å². The molecule has 1 atom stereocenters. The number of aromatic nitrogens is 2. The number of hydrogen-bond acceptors (Lipinski definition) is 8. The second-order valence-electron chi connectivity index (χ2n) is 8.58. The average Bonchev–Trinajstić information content (AvgIpc) is 3.56. The van der Waals surface area contributed by atoms with Crippen molar-refractivity contribution in [2.75, 3.05) is 20.2 Å². The van der Waals surface area contributed by atoms with E-state index in [1.54, 1.807) is 22.9 Å². The highest BCUT2D eigenvalue weighted by Gasteiger charge is 2.20. The van der Waals surface area contributed by atoms with Gasteiger partial charge in [-0.25, -0.2) is 13.4 Å². The van der Waals surface area contributed by atoms with Gasteiger partial charge >= 0.3 is 0 Å². The Kier molecular flexibility index (Phi) is 6.67. The smallest absolute Gasteiger partial charge is 0.257 e. The van der Waals surface area contributed by atoms with Gasteiger partial charge in [0.25, 0.3) is 5.56 Å². The van der Waals surface area contributed by atoms with E-state index < -0.39 is 9.84 Å². The summed E-state index contributed by atoms with van der Waals surface area (Å²) in [5.74, 6) is -0.174. The van der Waals surface area contributed by atoms with Crippen LogP contribution in [-0.4, -0.2) is 49.6 Å². The first kappa shape index (κ1) is 23.4. The second-order valence-corrected chi connectivity index (χ2v) is 12.7. The molecule has 5 rings (SSSR count). The first-order chi connectivity index (χ1) is 16.4. The van der Waals surface area contributed by atoms with Crippen LogP contribution in [0.3, 0.4) is 0 Å². The van der Waals surface area contributed by atoms with Gasteiger partial charge in [-0.1, -0.05) is 18.2 Å². The van der Waals surface area contributed by atoms with Gasteiger partial charge in [0.15, 0.2) is 9.84 Å². The Morgan fingerprint density at radius 3 is 2.88 bits per heavy atom. The lowest BCUT2D eigenvalue weighted by molar-refractivity contribution is 0.0793. The van der Waals surface area contributed by atoms with Crippen molar-refractivity contribution in [2.45, 2.75) is 35.5 Å². The van der Waals surface area contributed by atoms with Crippen molar-refractivity contribution in [1.82, 2.24) is 14.9 Å². The van der Waals surface area contributed by atoms with Crippen LogP contribution in [0.1, 0.15) is 23.4 Å². The first-order valence-electron chi connectivity index (χ1n) is 11.0. The van der Waals surface area contributed by atoms with Crippen LogP contribution in [0.25, 0.3) is 22.2 Å².